The maximum absolute atomic E-state index is 13.9. The van der Waals surface area contributed by atoms with Gasteiger partial charge >= 0.3 is 7.82 Å². The number of halogens is 3. The van der Waals surface area contributed by atoms with Crippen molar-refractivity contribution in [1.29, 1.82) is 5.26 Å². The van der Waals surface area contributed by atoms with Gasteiger partial charge in [0.15, 0.2) is 0 Å². The van der Waals surface area contributed by atoms with E-state index in [0.717, 1.165) is 10.4 Å². The third-order valence-corrected chi connectivity index (χ3v) is 7.79. The van der Waals surface area contributed by atoms with Crippen LogP contribution in [0, 0.1) is 17.1 Å². The summed E-state index contributed by atoms with van der Waals surface area (Å²) in [4.78, 5) is 29.6. The molecule has 0 spiro atoms. The Morgan fingerprint density at radius 1 is 1.26 bits per heavy atom. The van der Waals surface area contributed by atoms with Crippen molar-refractivity contribution in [3.8, 4) is 11.8 Å². The molecule has 0 unspecified atom stereocenters. The normalized spacial score (nSPS) is 15.7. The highest BCUT2D eigenvalue weighted by Gasteiger charge is 2.50. The second kappa shape index (κ2) is 10.4. The number of carbonyl (C=O) groups is 1. The molecule has 16 heteroatoms. The molecule has 3 rings (SSSR count). The molecule has 11 nitrogen and oxygen atoms in total. The first kappa shape index (κ1) is 27.3. The minimum absolute atomic E-state index is 0.00337. The number of nitriles is 1. The van der Waals surface area contributed by atoms with E-state index in [9.17, 15) is 22.2 Å². The van der Waals surface area contributed by atoms with Gasteiger partial charge in [-0.1, -0.05) is 23.2 Å². The molecule has 1 fully saturated rings. The molecular formula is C19H17Cl2FN3O8PS. The third kappa shape index (κ3) is 6.69. The molecule has 35 heavy (non-hydrogen) atoms. The molecule has 1 aliphatic heterocycles. The van der Waals surface area contributed by atoms with Crippen molar-refractivity contribution in [3.05, 3.63) is 57.8 Å². The van der Waals surface area contributed by atoms with Gasteiger partial charge in [-0.05, 0) is 30.3 Å². The van der Waals surface area contributed by atoms with Gasteiger partial charge in [-0.2, -0.15) is 9.57 Å². The van der Waals surface area contributed by atoms with Crippen LogP contribution in [0.4, 0.5) is 4.39 Å². The van der Waals surface area contributed by atoms with Crippen LogP contribution in [0.2, 0.25) is 10.0 Å². The largest absolute Gasteiger partial charge is 0.491 e. The maximum atomic E-state index is 13.9. The van der Waals surface area contributed by atoms with Gasteiger partial charge < -0.3 is 19.8 Å². The number of nitrogens with zero attached hydrogens (tertiary/aromatic N) is 2. The van der Waals surface area contributed by atoms with Crippen molar-refractivity contribution in [2.45, 2.75) is 10.4 Å². The van der Waals surface area contributed by atoms with Crippen LogP contribution in [0.25, 0.3) is 0 Å². The lowest BCUT2D eigenvalue weighted by atomic mass is 9.93. The SMILES string of the molecule is N#Cc1ccc(OCC2(NC(=O)COP(=O)(O)O)CN(S(=O)(=O)c3ccc(Cl)cc3Cl)C2)cc1F. The van der Waals surface area contributed by atoms with Crippen molar-refractivity contribution in [1.82, 2.24) is 9.62 Å². The Hall–Kier alpha value is -2.27. The van der Waals surface area contributed by atoms with Crippen molar-refractivity contribution in [2.75, 3.05) is 26.3 Å². The average Bonchev–Trinajstić information content (AvgIpc) is 2.73. The van der Waals surface area contributed by atoms with E-state index in [4.69, 9.17) is 43.0 Å². The second-order valence-corrected chi connectivity index (χ2v) is 11.5. The summed E-state index contributed by atoms with van der Waals surface area (Å²) in [5.74, 6) is -1.79. The Morgan fingerprint density at radius 3 is 2.51 bits per heavy atom. The highest BCUT2D eigenvalue weighted by atomic mass is 35.5. The predicted molar refractivity (Wildman–Crippen MR) is 121 cm³/mol. The number of sulfonamides is 1. The van der Waals surface area contributed by atoms with E-state index in [1.807, 2.05) is 0 Å². The Balaban J connectivity index is 1.79. The first-order valence-corrected chi connectivity index (χ1v) is 13.3. The molecule has 1 amide bonds. The smallest absolute Gasteiger partial charge is 0.470 e. The van der Waals surface area contributed by atoms with E-state index in [0.29, 0.717) is 0 Å². The number of benzene rings is 2. The van der Waals surface area contributed by atoms with Crippen LogP contribution in [-0.4, -0.2) is 60.3 Å². The highest BCUT2D eigenvalue weighted by Crippen LogP contribution is 2.36. The summed E-state index contributed by atoms with van der Waals surface area (Å²) in [5.41, 5.74) is -1.57. The Kier molecular flexibility index (Phi) is 8.10. The number of nitrogens with one attached hydrogen (secondary N) is 1. The van der Waals surface area contributed by atoms with E-state index in [1.54, 1.807) is 6.07 Å². The number of phosphoric acid groups is 1. The van der Waals surface area contributed by atoms with Gasteiger partial charge in [0.1, 0.15) is 41.3 Å². The van der Waals surface area contributed by atoms with E-state index in [1.165, 1.54) is 30.3 Å². The minimum Gasteiger partial charge on any atom is -0.491 e. The van der Waals surface area contributed by atoms with Crippen molar-refractivity contribution in [2.24, 2.45) is 0 Å². The first-order chi connectivity index (χ1) is 16.2. The van der Waals surface area contributed by atoms with Crippen molar-refractivity contribution >= 4 is 47.0 Å². The Bertz CT molecular complexity index is 1340. The number of hydrogen-bond donors (Lipinski definition) is 3. The summed E-state index contributed by atoms with van der Waals surface area (Å²) in [7, 11) is -9.04. The lowest BCUT2D eigenvalue weighted by molar-refractivity contribution is -0.127. The molecule has 2 aromatic rings. The van der Waals surface area contributed by atoms with Crippen LogP contribution in [0.3, 0.4) is 0 Å². The van der Waals surface area contributed by atoms with Crippen LogP contribution in [-0.2, 0) is 23.9 Å². The van der Waals surface area contributed by atoms with Gasteiger partial charge in [0.05, 0.1) is 10.6 Å². The van der Waals surface area contributed by atoms with Crippen LogP contribution in [0.1, 0.15) is 5.56 Å². The van der Waals surface area contributed by atoms with Crippen molar-refractivity contribution < 1.29 is 41.2 Å². The summed E-state index contributed by atoms with van der Waals surface area (Å²) in [5, 5.41) is 11.4. The van der Waals surface area contributed by atoms with Gasteiger partial charge in [-0.15, -0.1) is 0 Å². The van der Waals surface area contributed by atoms with E-state index in [2.05, 4.69) is 9.84 Å². The fourth-order valence-electron chi connectivity index (χ4n) is 3.20. The van der Waals surface area contributed by atoms with Crippen LogP contribution in [0.5, 0.6) is 5.75 Å². The minimum atomic E-state index is -4.93. The fraction of sp³-hybridized carbons (Fsp3) is 0.263. The molecule has 3 N–H and O–H groups in total. The number of amides is 1. The summed E-state index contributed by atoms with van der Waals surface area (Å²) >= 11 is 11.8. The molecule has 1 heterocycles. The fourth-order valence-corrected chi connectivity index (χ4v) is 5.85. The quantitative estimate of drug-likeness (QED) is 0.384. The second-order valence-electron chi connectivity index (χ2n) is 7.48. The Labute approximate surface area is 209 Å². The predicted octanol–water partition coefficient (Wildman–Crippen LogP) is 2.05. The molecule has 1 aliphatic rings. The van der Waals surface area contributed by atoms with Gasteiger partial charge in [0.25, 0.3) is 0 Å². The number of phosphoric ester groups is 1. The highest BCUT2D eigenvalue weighted by molar-refractivity contribution is 7.89. The van der Waals surface area contributed by atoms with E-state index >= 15 is 0 Å². The molecule has 0 aromatic heterocycles. The first-order valence-electron chi connectivity index (χ1n) is 9.53. The van der Waals surface area contributed by atoms with Gasteiger partial charge in [0, 0.05) is 24.2 Å². The number of hydrogen-bond acceptors (Lipinski definition) is 7. The molecule has 0 radical (unpaired) electrons. The monoisotopic (exact) mass is 567 g/mol. The summed E-state index contributed by atoms with van der Waals surface area (Å²) in [6.45, 7) is -1.98. The summed E-state index contributed by atoms with van der Waals surface area (Å²) < 4.78 is 61.5. The Morgan fingerprint density at radius 2 is 1.94 bits per heavy atom. The topological polar surface area (TPSA) is 166 Å². The van der Waals surface area contributed by atoms with Gasteiger partial charge in [-0.25, -0.2) is 17.4 Å². The summed E-state index contributed by atoms with van der Waals surface area (Å²) in [6, 6.07) is 8.93. The standard InChI is InChI=1S/C19H17Cl2FN3O8PS/c20-13-2-4-17(15(21)5-13)35(30,31)25-9-19(10-25,24-18(26)8-33-34(27,28)29)11-32-14-3-1-12(7-23)16(22)6-14/h1-6H,8-11H2,(H,24,26)(H2,27,28,29). The molecular weight excluding hydrogens is 551 g/mol. The van der Waals surface area contributed by atoms with Gasteiger partial charge in [0.2, 0.25) is 15.9 Å². The molecule has 0 aliphatic carbocycles. The molecule has 0 atom stereocenters. The van der Waals surface area contributed by atoms with E-state index < -0.39 is 41.7 Å². The lowest BCUT2D eigenvalue weighted by Gasteiger charge is -2.48. The molecule has 0 bridgehead atoms. The van der Waals surface area contributed by atoms with Crippen LogP contribution >= 0.6 is 31.0 Å². The zero-order valence-corrected chi connectivity index (χ0v) is 20.7. The van der Waals surface area contributed by atoms with Crippen molar-refractivity contribution in [3.63, 3.8) is 0 Å². The molecule has 2 aromatic carbocycles. The molecule has 0 saturated carbocycles. The zero-order valence-electron chi connectivity index (χ0n) is 17.5. The number of rotatable bonds is 9. The average molecular weight is 568 g/mol. The number of carbonyl (C=O) groups excluding carboxylic acids is 1. The third-order valence-electron chi connectivity index (χ3n) is 4.81. The summed E-state index contributed by atoms with van der Waals surface area (Å²) in [6.07, 6.45) is 0. The van der Waals surface area contributed by atoms with Gasteiger partial charge in [-0.3, -0.25) is 9.32 Å². The number of ether oxygens (including phenoxy) is 1. The molecule has 188 valence electrons. The van der Waals surface area contributed by atoms with Crippen LogP contribution < -0.4 is 10.1 Å². The zero-order chi connectivity index (χ0) is 26.0. The van der Waals surface area contributed by atoms with Crippen LogP contribution in [0.15, 0.2) is 41.3 Å². The lowest BCUT2D eigenvalue weighted by Crippen LogP contribution is -2.73. The maximum Gasteiger partial charge on any atom is 0.470 e. The van der Waals surface area contributed by atoms with E-state index in [-0.39, 0.29) is 46.0 Å². The molecule has 1 saturated heterocycles.